The summed E-state index contributed by atoms with van der Waals surface area (Å²) < 4.78 is 34.0. The van der Waals surface area contributed by atoms with Gasteiger partial charge in [0.2, 0.25) is 10.1 Å². The number of halogens is 1. The fourth-order valence-corrected chi connectivity index (χ4v) is 7.01. The number of benzene rings is 3. The van der Waals surface area contributed by atoms with E-state index in [0.29, 0.717) is 23.1 Å². The van der Waals surface area contributed by atoms with Gasteiger partial charge >= 0.3 is 0 Å². The van der Waals surface area contributed by atoms with Crippen molar-refractivity contribution in [2.24, 2.45) is 5.92 Å². The molecule has 2 unspecified atom stereocenters. The van der Waals surface area contributed by atoms with Crippen LogP contribution in [0.25, 0.3) is 6.08 Å². The number of hydrogen-bond acceptors (Lipinski definition) is 6. The smallest absolute Gasteiger partial charge is 0.209 e. The Morgan fingerprint density at radius 3 is 1.94 bits per heavy atom. The quantitative estimate of drug-likeness (QED) is 0.150. The van der Waals surface area contributed by atoms with Gasteiger partial charge in [-0.2, -0.15) is 0 Å². The molecule has 0 amide bonds. The maximum atomic E-state index is 8.49. The number of likely N-dealkylation sites (N-methyl/N-ethyl adjacent to an activating group) is 1. The highest BCUT2D eigenvalue weighted by molar-refractivity contribution is 7.80. The topological polar surface area (TPSA) is 98.7 Å². The molecule has 0 spiro atoms. The molecular weight excluding hydrogens is 628 g/mol. The second-order valence-corrected chi connectivity index (χ2v) is 14.1. The minimum Gasteiger partial charge on any atom is -0.378 e. The predicted octanol–water partition coefficient (Wildman–Crippen LogP) is 3.41. The summed E-state index contributed by atoms with van der Waals surface area (Å²) in [6.45, 7) is 0. The standard InChI is InChI=1S/C39H43N2S.ClHO4/c1-40(2)36-23-19-30(20-24-36)15-17-32(18-16-31-21-25-37(26-22-31)41(3)4)27-38-28-35(33-11-7-5-8-12-33)29-39(42-38)34-13-9-6-10-14-34;2-1(3,4)5/h5-27,30,35-36,38H,28-29H2,1-4H3;(H,2,3,4,5)/q+1;/p-1. The molecule has 0 radical (unpaired) electrons. The molecule has 0 fully saturated rings. The van der Waals surface area contributed by atoms with E-state index in [-0.39, 0.29) is 0 Å². The van der Waals surface area contributed by atoms with Crippen LogP contribution in [0.15, 0.2) is 139 Å². The van der Waals surface area contributed by atoms with Crippen molar-refractivity contribution in [3.8, 4) is 0 Å². The Morgan fingerprint density at radius 1 is 0.766 bits per heavy atom. The van der Waals surface area contributed by atoms with E-state index >= 15 is 0 Å². The molecule has 1 aliphatic carbocycles. The zero-order valence-corrected chi connectivity index (χ0v) is 28.9. The maximum Gasteiger partial charge on any atom is 0.209 e. The van der Waals surface area contributed by atoms with Gasteiger partial charge in [-0.15, -0.1) is 10.2 Å². The van der Waals surface area contributed by atoms with Gasteiger partial charge in [0.05, 0.1) is 0 Å². The van der Waals surface area contributed by atoms with Crippen molar-refractivity contribution in [3.05, 3.63) is 156 Å². The number of rotatable bonds is 9. The first-order valence-corrected chi connectivity index (χ1v) is 17.7. The summed E-state index contributed by atoms with van der Waals surface area (Å²) in [5.74, 6) is 0.809. The molecular formula is C39H43ClN2O4S. The van der Waals surface area contributed by atoms with Gasteiger partial charge in [0.25, 0.3) is 0 Å². The van der Waals surface area contributed by atoms with Gasteiger partial charge in [-0.05, 0) is 67.1 Å². The lowest BCUT2D eigenvalue weighted by atomic mass is 9.87. The monoisotopic (exact) mass is 670 g/mol. The highest BCUT2D eigenvalue weighted by Gasteiger charge is 2.34. The summed E-state index contributed by atoms with van der Waals surface area (Å²) >= 11 is 2.04. The lowest BCUT2D eigenvalue weighted by Gasteiger charge is -2.21. The molecule has 1 aliphatic heterocycles. The molecule has 2 aliphatic rings. The Morgan fingerprint density at radius 2 is 1.36 bits per heavy atom. The highest BCUT2D eigenvalue weighted by atomic mass is 35.7. The first-order valence-electron chi connectivity index (χ1n) is 15.6. The predicted molar refractivity (Wildman–Crippen MR) is 186 cm³/mol. The number of hydrogen-bond donors (Lipinski definition) is 0. The van der Waals surface area contributed by atoms with Gasteiger partial charge in [-0.3, -0.25) is 4.90 Å². The summed E-state index contributed by atoms with van der Waals surface area (Å²) in [5.41, 5.74) is 6.46. The van der Waals surface area contributed by atoms with Crippen LogP contribution in [-0.2, 0) is 11.4 Å². The average molecular weight is 671 g/mol. The van der Waals surface area contributed by atoms with Gasteiger partial charge in [0, 0.05) is 50.1 Å². The molecule has 0 bridgehead atoms. The van der Waals surface area contributed by atoms with Crippen LogP contribution in [0.1, 0.15) is 35.4 Å². The van der Waals surface area contributed by atoms with Crippen LogP contribution >= 0.6 is 0 Å². The molecule has 6 nitrogen and oxygen atoms in total. The lowest BCUT2D eigenvalue weighted by molar-refractivity contribution is -2.00. The van der Waals surface area contributed by atoms with Crippen molar-refractivity contribution in [2.45, 2.75) is 30.1 Å². The second kappa shape index (κ2) is 17.5. The highest BCUT2D eigenvalue weighted by Crippen LogP contribution is 2.32. The molecule has 0 saturated carbocycles. The third-order valence-corrected chi connectivity index (χ3v) is 9.35. The molecule has 3 aromatic rings. The van der Waals surface area contributed by atoms with E-state index in [1.54, 1.807) is 0 Å². The second-order valence-electron chi connectivity index (χ2n) is 12.0. The zero-order chi connectivity index (χ0) is 33.8. The molecule has 1 heterocycles. The van der Waals surface area contributed by atoms with Crippen molar-refractivity contribution >= 4 is 28.0 Å². The minimum atomic E-state index is -4.94. The summed E-state index contributed by atoms with van der Waals surface area (Å²) in [6.07, 6.45) is 23.1. The van der Waals surface area contributed by atoms with E-state index in [9.17, 15) is 0 Å². The Balaban J connectivity index is 0.000000930. The zero-order valence-electron chi connectivity index (χ0n) is 27.3. The van der Waals surface area contributed by atoms with Gasteiger partial charge in [-0.25, -0.2) is 18.6 Å². The van der Waals surface area contributed by atoms with E-state index in [1.807, 2.05) is 11.4 Å². The summed E-state index contributed by atoms with van der Waals surface area (Å²) in [6, 6.07) is 31.1. The van der Waals surface area contributed by atoms with Gasteiger partial charge in [0.1, 0.15) is 0 Å². The van der Waals surface area contributed by atoms with Crippen molar-refractivity contribution in [2.75, 3.05) is 33.1 Å². The average Bonchev–Trinajstić information content (AvgIpc) is 3.06. The Hall–Kier alpha value is -3.66. The SMILES string of the molecule is CN(C)c1ccc(C=CC(C=CC2C=CC(N(C)C)C=C2)=CC2CC(c3ccccc3)CC(c3ccccc3)=[S+]2)cc1.[O-][Cl+3]([O-])([O-])[O-]. The fraction of sp³-hybridized carbons (Fsp3) is 0.256. The largest absolute Gasteiger partial charge is 0.378 e. The molecule has 47 heavy (non-hydrogen) atoms. The summed E-state index contributed by atoms with van der Waals surface area (Å²) in [5, 5.41) is 0.384. The number of allylic oxidation sites excluding steroid dienone is 6. The van der Waals surface area contributed by atoms with Crippen LogP contribution in [0, 0.1) is 16.2 Å². The molecule has 2 atom stereocenters. The Labute approximate surface area is 285 Å². The molecule has 8 heteroatoms. The minimum absolute atomic E-state index is 0.305. The van der Waals surface area contributed by atoms with Crippen molar-refractivity contribution < 1.29 is 28.9 Å². The van der Waals surface area contributed by atoms with E-state index < -0.39 is 10.2 Å². The van der Waals surface area contributed by atoms with Gasteiger partial charge in [0.15, 0.2) is 11.4 Å². The van der Waals surface area contributed by atoms with E-state index in [1.165, 1.54) is 32.8 Å². The van der Waals surface area contributed by atoms with Crippen LogP contribution in [0.3, 0.4) is 0 Å². The maximum absolute atomic E-state index is 8.49. The van der Waals surface area contributed by atoms with Crippen LogP contribution in [0.2, 0.25) is 0 Å². The summed E-state index contributed by atoms with van der Waals surface area (Å²) in [4.78, 5) is 5.85. The van der Waals surface area contributed by atoms with E-state index in [0.717, 1.165) is 12.8 Å². The van der Waals surface area contributed by atoms with E-state index in [2.05, 4.69) is 178 Å². The first-order chi connectivity index (χ1) is 22.4. The van der Waals surface area contributed by atoms with Crippen LogP contribution < -0.4 is 23.5 Å². The molecule has 3 aromatic carbocycles. The van der Waals surface area contributed by atoms with Crippen molar-refractivity contribution in [1.82, 2.24) is 4.90 Å². The van der Waals surface area contributed by atoms with Crippen LogP contribution in [0.4, 0.5) is 5.69 Å². The van der Waals surface area contributed by atoms with E-state index in [4.69, 9.17) is 18.6 Å². The van der Waals surface area contributed by atoms with Crippen LogP contribution in [-0.4, -0.2) is 49.2 Å². The normalized spacial score (nSPS) is 21.6. The van der Waals surface area contributed by atoms with Gasteiger partial charge < -0.3 is 4.90 Å². The fourth-order valence-electron chi connectivity index (χ4n) is 5.52. The summed E-state index contributed by atoms with van der Waals surface area (Å²) in [7, 11) is 3.46. The number of nitrogens with zero attached hydrogens (tertiary/aromatic N) is 2. The third-order valence-electron chi connectivity index (χ3n) is 8.03. The Kier molecular flexibility index (Phi) is 13.5. The molecule has 5 rings (SSSR count). The lowest BCUT2D eigenvalue weighted by Crippen LogP contribution is -2.68. The van der Waals surface area contributed by atoms with Crippen molar-refractivity contribution in [3.63, 3.8) is 0 Å². The van der Waals surface area contributed by atoms with Crippen molar-refractivity contribution in [1.29, 1.82) is 0 Å². The first kappa shape index (κ1) is 36.2. The molecule has 0 saturated heterocycles. The third kappa shape index (κ3) is 12.5. The van der Waals surface area contributed by atoms with Crippen LogP contribution in [0.5, 0.6) is 0 Å². The number of anilines is 1. The molecule has 246 valence electrons. The van der Waals surface area contributed by atoms with Gasteiger partial charge in [-0.1, -0.05) is 109 Å². The molecule has 0 aromatic heterocycles. The Bertz CT molecular complexity index is 1570. The molecule has 0 N–H and O–H groups in total.